The minimum absolute atomic E-state index is 0.272. The van der Waals surface area contributed by atoms with Gasteiger partial charge in [-0.2, -0.15) is 5.10 Å². The predicted octanol–water partition coefficient (Wildman–Crippen LogP) is 3.23. The van der Waals surface area contributed by atoms with E-state index >= 15 is 0 Å². The predicted molar refractivity (Wildman–Crippen MR) is 86.4 cm³/mol. The van der Waals surface area contributed by atoms with Gasteiger partial charge >= 0.3 is 0 Å². The van der Waals surface area contributed by atoms with Crippen molar-refractivity contribution < 1.29 is 4.74 Å². The van der Waals surface area contributed by atoms with E-state index in [0.717, 1.165) is 33.7 Å². The second-order valence-corrected chi connectivity index (χ2v) is 6.16. The van der Waals surface area contributed by atoms with Crippen LogP contribution >= 0.6 is 15.9 Å². The summed E-state index contributed by atoms with van der Waals surface area (Å²) in [5.41, 5.74) is 2.23. The van der Waals surface area contributed by atoms with Crippen molar-refractivity contribution in [3.05, 3.63) is 39.9 Å². The maximum absolute atomic E-state index is 6.03. The first-order chi connectivity index (χ1) is 10.0. The average molecular weight is 353 g/mol. The van der Waals surface area contributed by atoms with Gasteiger partial charge in [-0.15, -0.1) is 0 Å². The van der Waals surface area contributed by atoms with Crippen LogP contribution in [0, 0.1) is 6.92 Å². The van der Waals surface area contributed by atoms with Crippen LogP contribution in [0.3, 0.4) is 0 Å². The number of nitrogens with zero attached hydrogens (tertiary/aromatic N) is 3. The maximum atomic E-state index is 6.03. The van der Waals surface area contributed by atoms with Gasteiger partial charge in [-0.3, -0.25) is 0 Å². The largest absolute Gasteiger partial charge is 0.485 e. The molecule has 0 aliphatic carbocycles. The number of hydrogen-bond acceptors (Lipinski definition) is 4. The molecule has 6 heteroatoms. The first-order valence-electron chi connectivity index (χ1n) is 6.97. The molecule has 1 heterocycles. The smallest absolute Gasteiger partial charge is 0.165 e. The minimum Gasteiger partial charge on any atom is -0.485 e. The van der Waals surface area contributed by atoms with Crippen LogP contribution in [0.4, 0.5) is 0 Å². The number of hydrogen-bond donors (Lipinski definition) is 1. The van der Waals surface area contributed by atoms with Gasteiger partial charge in [-0.1, -0.05) is 15.9 Å². The molecule has 0 bridgehead atoms. The Labute approximate surface area is 133 Å². The van der Waals surface area contributed by atoms with Crippen LogP contribution in [-0.2, 0) is 13.2 Å². The van der Waals surface area contributed by atoms with Crippen molar-refractivity contribution in [3.63, 3.8) is 0 Å². The van der Waals surface area contributed by atoms with Crippen molar-refractivity contribution in [2.45, 2.75) is 40.0 Å². The van der Waals surface area contributed by atoms with Crippen LogP contribution in [0.15, 0.2) is 22.9 Å². The van der Waals surface area contributed by atoms with Crippen LogP contribution < -0.4 is 10.1 Å². The fourth-order valence-corrected chi connectivity index (χ4v) is 2.89. The molecule has 114 valence electrons. The van der Waals surface area contributed by atoms with Crippen LogP contribution in [-0.4, -0.2) is 21.8 Å². The zero-order valence-corrected chi connectivity index (χ0v) is 14.4. The Morgan fingerprint density at radius 3 is 2.81 bits per heavy atom. The molecule has 1 aromatic carbocycles. The number of rotatable bonds is 6. The third-order valence-electron chi connectivity index (χ3n) is 3.17. The third kappa shape index (κ3) is 3.83. The van der Waals surface area contributed by atoms with Crippen molar-refractivity contribution in [3.8, 4) is 5.75 Å². The second kappa shape index (κ2) is 7.04. The van der Waals surface area contributed by atoms with Gasteiger partial charge in [0.15, 0.2) is 5.82 Å². The molecule has 0 spiro atoms. The summed E-state index contributed by atoms with van der Waals surface area (Å²) in [5.74, 6) is 1.74. The van der Waals surface area contributed by atoms with Crippen LogP contribution in [0.2, 0.25) is 0 Å². The molecule has 2 rings (SSSR count). The lowest BCUT2D eigenvalue weighted by molar-refractivity contribution is 0.277. The molecule has 0 radical (unpaired) electrons. The minimum atomic E-state index is 0.272. The van der Waals surface area contributed by atoms with E-state index in [1.807, 2.05) is 18.7 Å². The van der Waals surface area contributed by atoms with Gasteiger partial charge in [0.25, 0.3) is 0 Å². The molecule has 0 amide bonds. The molecule has 0 aliphatic rings. The molecule has 0 saturated carbocycles. The van der Waals surface area contributed by atoms with E-state index in [0.29, 0.717) is 6.61 Å². The van der Waals surface area contributed by atoms with E-state index in [2.05, 4.69) is 57.3 Å². The lowest BCUT2D eigenvalue weighted by atomic mass is 10.1. The Morgan fingerprint density at radius 2 is 2.14 bits per heavy atom. The van der Waals surface area contributed by atoms with E-state index in [1.165, 1.54) is 0 Å². The zero-order chi connectivity index (χ0) is 15.4. The number of halogens is 1. The lowest BCUT2D eigenvalue weighted by Crippen LogP contribution is -2.13. The highest BCUT2D eigenvalue weighted by atomic mass is 79.9. The normalized spacial score (nSPS) is 11.1. The van der Waals surface area contributed by atoms with Crippen LogP contribution in [0.1, 0.15) is 36.8 Å². The summed E-state index contributed by atoms with van der Waals surface area (Å²) in [7, 11) is 1.93. The van der Waals surface area contributed by atoms with E-state index in [1.54, 1.807) is 6.33 Å². The molecule has 0 saturated heterocycles. The number of aromatic nitrogens is 3. The van der Waals surface area contributed by atoms with E-state index in [-0.39, 0.29) is 6.04 Å². The summed E-state index contributed by atoms with van der Waals surface area (Å²) >= 11 is 3.53. The summed E-state index contributed by atoms with van der Waals surface area (Å²) in [6, 6.07) is 4.40. The molecule has 1 N–H and O–H groups in total. The molecule has 21 heavy (non-hydrogen) atoms. The standard InChI is InChI=1S/C15H21BrN4O/c1-10(2)20-14(18-9-19-20)8-21-15-11(3)5-13(16)6-12(15)7-17-4/h5-6,9-10,17H,7-8H2,1-4H3. The van der Waals surface area contributed by atoms with Crippen LogP contribution in [0.25, 0.3) is 0 Å². The van der Waals surface area contributed by atoms with Crippen LogP contribution in [0.5, 0.6) is 5.75 Å². The monoisotopic (exact) mass is 352 g/mol. The summed E-state index contributed by atoms with van der Waals surface area (Å²) < 4.78 is 8.97. The molecule has 1 aromatic heterocycles. The Kier molecular flexibility index (Phi) is 5.36. The van der Waals surface area contributed by atoms with E-state index < -0.39 is 0 Å². The summed E-state index contributed by atoms with van der Waals surface area (Å²) in [4.78, 5) is 4.28. The highest BCUT2D eigenvalue weighted by Crippen LogP contribution is 2.28. The van der Waals surface area contributed by atoms with Gasteiger partial charge in [0.2, 0.25) is 0 Å². The first-order valence-corrected chi connectivity index (χ1v) is 7.77. The van der Waals surface area contributed by atoms with Crippen molar-refractivity contribution in [2.75, 3.05) is 7.05 Å². The fourth-order valence-electron chi connectivity index (χ4n) is 2.27. The number of benzene rings is 1. The molecule has 0 fully saturated rings. The van der Waals surface area contributed by atoms with Gasteiger partial charge in [0, 0.05) is 22.6 Å². The highest BCUT2D eigenvalue weighted by molar-refractivity contribution is 9.10. The van der Waals surface area contributed by atoms with Crippen molar-refractivity contribution >= 4 is 15.9 Å². The Morgan fingerprint density at radius 1 is 1.38 bits per heavy atom. The van der Waals surface area contributed by atoms with Gasteiger partial charge < -0.3 is 10.1 Å². The average Bonchev–Trinajstić information content (AvgIpc) is 2.86. The number of ether oxygens (including phenoxy) is 1. The van der Waals surface area contributed by atoms with Crippen molar-refractivity contribution in [2.24, 2.45) is 0 Å². The van der Waals surface area contributed by atoms with Gasteiger partial charge in [-0.05, 0) is 45.5 Å². The second-order valence-electron chi connectivity index (χ2n) is 5.24. The SMILES string of the molecule is CNCc1cc(Br)cc(C)c1OCc1ncnn1C(C)C. The number of nitrogens with one attached hydrogen (secondary N) is 1. The summed E-state index contributed by atoms with van der Waals surface area (Å²) in [6.07, 6.45) is 1.57. The molecule has 0 aliphatic heterocycles. The molecule has 0 atom stereocenters. The molecular weight excluding hydrogens is 332 g/mol. The van der Waals surface area contributed by atoms with E-state index in [4.69, 9.17) is 4.74 Å². The quantitative estimate of drug-likeness (QED) is 0.866. The molecule has 5 nitrogen and oxygen atoms in total. The summed E-state index contributed by atoms with van der Waals surface area (Å²) in [6.45, 7) is 7.38. The highest BCUT2D eigenvalue weighted by Gasteiger charge is 2.12. The Hall–Kier alpha value is -1.40. The molecular formula is C15H21BrN4O. The maximum Gasteiger partial charge on any atom is 0.165 e. The van der Waals surface area contributed by atoms with Crippen molar-refractivity contribution in [1.29, 1.82) is 0 Å². The van der Waals surface area contributed by atoms with Crippen molar-refractivity contribution in [1.82, 2.24) is 20.1 Å². The van der Waals surface area contributed by atoms with Gasteiger partial charge in [-0.25, -0.2) is 9.67 Å². The fraction of sp³-hybridized carbons (Fsp3) is 0.467. The summed E-state index contributed by atoms with van der Waals surface area (Å²) in [5, 5.41) is 7.40. The Balaban J connectivity index is 2.21. The van der Waals surface area contributed by atoms with Gasteiger partial charge in [0.05, 0.1) is 0 Å². The molecule has 2 aromatic rings. The lowest BCUT2D eigenvalue weighted by Gasteiger charge is -2.16. The Bertz CT molecular complexity index is 610. The first kappa shape index (κ1) is 16.0. The zero-order valence-electron chi connectivity index (χ0n) is 12.9. The van der Waals surface area contributed by atoms with E-state index in [9.17, 15) is 0 Å². The number of aryl methyl sites for hydroxylation is 1. The topological polar surface area (TPSA) is 52.0 Å². The molecule has 0 unspecified atom stereocenters. The van der Waals surface area contributed by atoms with Gasteiger partial charge in [0.1, 0.15) is 18.7 Å². The third-order valence-corrected chi connectivity index (χ3v) is 3.62.